The zero-order valence-corrected chi connectivity index (χ0v) is 15.2. The van der Waals surface area contributed by atoms with Gasteiger partial charge >= 0.3 is 0 Å². The molecule has 0 saturated heterocycles. The summed E-state index contributed by atoms with van der Waals surface area (Å²) >= 11 is 1.62. The first-order valence-corrected chi connectivity index (χ1v) is 9.55. The Bertz CT molecular complexity index is 1250. The molecule has 4 nitrogen and oxygen atoms in total. The summed E-state index contributed by atoms with van der Waals surface area (Å²) in [7, 11) is 0. The maximum atomic E-state index is 4.77. The van der Waals surface area contributed by atoms with Gasteiger partial charge in [0.15, 0.2) is 4.96 Å². The quantitative estimate of drug-likeness (QED) is 0.328. The van der Waals surface area contributed by atoms with E-state index in [9.17, 15) is 0 Å². The molecule has 130 valence electrons. The second-order valence-corrected chi connectivity index (χ2v) is 7.07. The molecule has 0 saturated carbocycles. The monoisotopic (exact) mass is 368 g/mol. The highest BCUT2D eigenvalue weighted by molar-refractivity contribution is 7.15. The van der Waals surface area contributed by atoms with E-state index >= 15 is 0 Å². The molecule has 2 heterocycles. The molecule has 0 aliphatic carbocycles. The lowest BCUT2D eigenvalue weighted by molar-refractivity contribution is 1.21. The second kappa shape index (κ2) is 6.70. The van der Waals surface area contributed by atoms with Crippen molar-refractivity contribution in [3.05, 3.63) is 90.1 Å². The average Bonchev–Trinajstić information content (AvgIpc) is 3.31. The maximum absolute atomic E-state index is 4.77. The normalized spacial score (nSPS) is 11.6. The highest BCUT2D eigenvalue weighted by Crippen LogP contribution is 2.25. The molecule has 0 spiro atoms. The molecule has 5 aromatic rings. The molecule has 0 fully saturated rings. The minimum absolute atomic E-state index is 0.937. The highest BCUT2D eigenvalue weighted by atomic mass is 32.1. The Kier molecular flexibility index (Phi) is 3.92. The lowest BCUT2D eigenvalue weighted by Crippen LogP contribution is -1.95. The van der Waals surface area contributed by atoms with Gasteiger partial charge in [-0.05, 0) is 22.9 Å². The van der Waals surface area contributed by atoms with E-state index in [1.54, 1.807) is 11.3 Å². The van der Waals surface area contributed by atoms with Gasteiger partial charge < -0.3 is 0 Å². The Morgan fingerprint density at radius 1 is 0.926 bits per heavy atom. The lowest BCUT2D eigenvalue weighted by Gasteiger charge is -2.03. The van der Waals surface area contributed by atoms with Crippen molar-refractivity contribution < 1.29 is 0 Å². The molecule has 5 rings (SSSR count). The van der Waals surface area contributed by atoms with Gasteiger partial charge in [-0.3, -0.25) is 9.83 Å². The first-order valence-electron chi connectivity index (χ1n) is 8.67. The Labute approximate surface area is 160 Å². The van der Waals surface area contributed by atoms with Crippen molar-refractivity contribution in [3.8, 4) is 11.3 Å². The summed E-state index contributed by atoms with van der Waals surface area (Å²) in [5.41, 5.74) is 7.08. The van der Waals surface area contributed by atoms with Gasteiger partial charge in [0, 0.05) is 17.1 Å². The number of hydrazone groups is 1. The average molecular weight is 368 g/mol. The Hall–Kier alpha value is -3.44. The van der Waals surface area contributed by atoms with Crippen LogP contribution in [0.3, 0.4) is 0 Å². The zero-order valence-electron chi connectivity index (χ0n) is 14.4. The fourth-order valence-electron chi connectivity index (χ4n) is 3.16. The summed E-state index contributed by atoms with van der Waals surface area (Å²) in [5.74, 6) is 0. The van der Waals surface area contributed by atoms with Crippen molar-refractivity contribution in [2.45, 2.75) is 0 Å². The molecular weight excluding hydrogens is 352 g/mol. The van der Waals surface area contributed by atoms with Crippen LogP contribution in [-0.4, -0.2) is 15.6 Å². The number of hydrogen-bond donors (Lipinski definition) is 1. The summed E-state index contributed by atoms with van der Waals surface area (Å²) in [6, 6.07) is 24.7. The number of nitrogens with zero attached hydrogens (tertiary/aromatic N) is 3. The largest absolute Gasteiger partial charge is 0.289 e. The van der Waals surface area contributed by atoms with Crippen molar-refractivity contribution in [2.24, 2.45) is 5.10 Å². The Morgan fingerprint density at radius 3 is 2.63 bits per heavy atom. The molecule has 0 amide bonds. The number of nitrogens with one attached hydrogen (secondary N) is 1. The van der Waals surface area contributed by atoms with E-state index < -0.39 is 0 Å². The maximum Gasteiger partial charge on any atom is 0.194 e. The molecule has 27 heavy (non-hydrogen) atoms. The molecule has 0 atom stereocenters. The molecule has 0 aliphatic rings. The van der Waals surface area contributed by atoms with E-state index in [0.717, 1.165) is 27.6 Å². The van der Waals surface area contributed by atoms with Crippen LogP contribution in [0.4, 0.5) is 5.69 Å². The summed E-state index contributed by atoms with van der Waals surface area (Å²) < 4.78 is 2.07. The predicted molar refractivity (Wildman–Crippen MR) is 114 cm³/mol. The topological polar surface area (TPSA) is 41.7 Å². The van der Waals surface area contributed by atoms with E-state index in [0.29, 0.717) is 0 Å². The van der Waals surface area contributed by atoms with Gasteiger partial charge in [0.05, 0.1) is 23.3 Å². The number of imidazole rings is 1. The van der Waals surface area contributed by atoms with Crippen LogP contribution in [0.25, 0.3) is 27.0 Å². The SMILES string of the molecule is C(=N\Nc1ccc2ccccc2c1)/c1c(-c2ccccc2)nc2sccn12. The fraction of sp³-hybridized carbons (Fsp3) is 0. The van der Waals surface area contributed by atoms with E-state index in [-0.39, 0.29) is 0 Å². The molecule has 0 bridgehead atoms. The number of fused-ring (bicyclic) bond motifs is 2. The van der Waals surface area contributed by atoms with E-state index in [1.165, 1.54) is 10.8 Å². The van der Waals surface area contributed by atoms with Gasteiger partial charge in [-0.2, -0.15) is 5.10 Å². The van der Waals surface area contributed by atoms with Crippen LogP contribution in [0.2, 0.25) is 0 Å². The van der Waals surface area contributed by atoms with Crippen molar-refractivity contribution in [1.29, 1.82) is 0 Å². The first kappa shape index (κ1) is 15.8. The minimum atomic E-state index is 0.937. The fourth-order valence-corrected chi connectivity index (χ4v) is 3.88. The predicted octanol–water partition coefficient (Wildman–Crippen LogP) is 5.66. The zero-order chi connectivity index (χ0) is 18.1. The van der Waals surface area contributed by atoms with Crippen LogP contribution >= 0.6 is 11.3 Å². The number of anilines is 1. The summed E-state index contributed by atoms with van der Waals surface area (Å²) in [6.45, 7) is 0. The van der Waals surface area contributed by atoms with E-state index in [1.807, 2.05) is 54.2 Å². The minimum Gasteiger partial charge on any atom is -0.289 e. The van der Waals surface area contributed by atoms with Gasteiger partial charge in [-0.15, -0.1) is 11.3 Å². The molecule has 5 heteroatoms. The van der Waals surface area contributed by atoms with Crippen LogP contribution in [0, 0.1) is 0 Å². The van der Waals surface area contributed by atoms with Crippen LogP contribution in [0.15, 0.2) is 89.5 Å². The summed E-state index contributed by atoms with van der Waals surface area (Å²) in [5, 5.41) is 8.91. The molecule has 3 aromatic carbocycles. The number of benzene rings is 3. The van der Waals surface area contributed by atoms with Crippen LogP contribution in [0.1, 0.15) is 5.69 Å². The Balaban J connectivity index is 1.49. The third kappa shape index (κ3) is 2.98. The van der Waals surface area contributed by atoms with Crippen LogP contribution < -0.4 is 5.43 Å². The molecule has 0 unspecified atom stereocenters. The lowest BCUT2D eigenvalue weighted by atomic mass is 10.1. The molecular formula is C22H16N4S. The highest BCUT2D eigenvalue weighted by Gasteiger charge is 2.13. The van der Waals surface area contributed by atoms with Crippen LogP contribution in [0.5, 0.6) is 0 Å². The van der Waals surface area contributed by atoms with E-state index in [2.05, 4.69) is 51.3 Å². The van der Waals surface area contributed by atoms with Crippen molar-refractivity contribution in [1.82, 2.24) is 9.38 Å². The third-order valence-electron chi connectivity index (χ3n) is 4.48. The number of hydrogen-bond acceptors (Lipinski definition) is 4. The van der Waals surface area contributed by atoms with Crippen molar-refractivity contribution in [2.75, 3.05) is 5.43 Å². The van der Waals surface area contributed by atoms with Crippen LogP contribution in [-0.2, 0) is 0 Å². The van der Waals surface area contributed by atoms with Gasteiger partial charge in [0.2, 0.25) is 0 Å². The number of rotatable bonds is 4. The van der Waals surface area contributed by atoms with Gasteiger partial charge in [-0.1, -0.05) is 60.7 Å². The van der Waals surface area contributed by atoms with Crippen molar-refractivity contribution in [3.63, 3.8) is 0 Å². The van der Waals surface area contributed by atoms with Gasteiger partial charge in [0.1, 0.15) is 0 Å². The van der Waals surface area contributed by atoms with Gasteiger partial charge in [-0.25, -0.2) is 4.98 Å². The molecule has 2 aromatic heterocycles. The van der Waals surface area contributed by atoms with E-state index in [4.69, 9.17) is 4.98 Å². The smallest absolute Gasteiger partial charge is 0.194 e. The third-order valence-corrected chi connectivity index (χ3v) is 5.23. The molecule has 1 N–H and O–H groups in total. The first-order chi connectivity index (χ1) is 13.4. The number of aromatic nitrogens is 2. The summed E-state index contributed by atoms with van der Waals surface area (Å²) in [4.78, 5) is 5.73. The van der Waals surface area contributed by atoms with Gasteiger partial charge in [0.25, 0.3) is 0 Å². The molecule has 0 aliphatic heterocycles. The Morgan fingerprint density at radius 2 is 1.74 bits per heavy atom. The number of thiazole rings is 1. The standard InChI is InChI=1S/C22H16N4S/c1-2-7-17(8-3-1)21-20(26-12-13-27-22(26)24-21)15-23-25-19-11-10-16-6-4-5-9-18(16)14-19/h1-15,25H/b23-15+. The molecule has 0 radical (unpaired) electrons. The van der Waals surface area contributed by atoms with Crippen molar-refractivity contribution >= 4 is 39.0 Å². The summed E-state index contributed by atoms with van der Waals surface area (Å²) in [6.07, 6.45) is 3.86. The second-order valence-electron chi connectivity index (χ2n) is 6.20.